The van der Waals surface area contributed by atoms with Crippen LogP contribution in [0.5, 0.6) is 0 Å². The molecule has 0 saturated heterocycles. The Morgan fingerprint density at radius 2 is 1.68 bits per heavy atom. The van der Waals surface area contributed by atoms with Gasteiger partial charge in [0, 0.05) is 12.1 Å². The molecule has 1 aliphatic heterocycles. The van der Waals surface area contributed by atoms with E-state index in [0.717, 1.165) is 9.98 Å². The van der Waals surface area contributed by atoms with Crippen LogP contribution >= 0.6 is 0 Å². The molecule has 1 heterocycles. The molecule has 0 bridgehead atoms. The molecular formula is C24H24FN3O4S2. The average molecular weight is 502 g/mol. The third-order valence-corrected chi connectivity index (χ3v) is 8.55. The van der Waals surface area contributed by atoms with Crippen LogP contribution in [0.15, 0.2) is 82.8 Å². The number of rotatable bonds is 7. The van der Waals surface area contributed by atoms with E-state index in [9.17, 15) is 21.2 Å². The summed E-state index contributed by atoms with van der Waals surface area (Å²) in [4.78, 5) is 0.0915. The summed E-state index contributed by atoms with van der Waals surface area (Å²) in [6, 6.07) is 18.1. The fourth-order valence-corrected chi connectivity index (χ4v) is 5.72. The SMILES string of the molecule is CCS(=O)(=O)Nc1ccc(C2=NN(S(=O)(=O)c3ccc(C)cc3)[C@@H](c3cccc(F)c3)C2)cc1. The van der Waals surface area contributed by atoms with Crippen LogP contribution in [0.25, 0.3) is 0 Å². The second-order valence-electron chi connectivity index (χ2n) is 8.00. The van der Waals surface area contributed by atoms with Crippen LogP contribution < -0.4 is 4.72 Å². The van der Waals surface area contributed by atoms with Crippen molar-refractivity contribution in [1.29, 1.82) is 0 Å². The van der Waals surface area contributed by atoms with Gasteiger partial charge in [-0.05, 0) is 61.4 Å². The number of nitrogens with one attached hydrogen (secondary N) is 1. The molecule has 0 spiro atoms. The van der Waals surface area contributed by atoms with Crippen molar-refractivity contribution in [1.82, 2.24) is 4.41 Å². The van der Waals surface area contributed by atoms with Crippen LogP contribution in [0, 0.1) is 12.7 Å². The second kappa shape index (κ2) is 9.19. The molecule has 178 valence electrons. The maximum atomic E-state index is 14.0. The molecule has 3 aromatic rings. The Kier molecular flexibility index (Phi) is 6.46. The van der Waals surface area contributed by atoms with Gasteiger partial charge in [0.25, 0.3) is 10.0 Å². The van der Waals surface area contributed by atoms with Crippen molar-refractivity contribution in [2.24, 2.45) is 5.10 Å². The summed E-state index contributed by atoms with van der Waals surface area (Å²) < 4.78 is 68.1. The number of halogens is 1. The molecule has 0 amide bonds. The zero-order valence-corrected chi connectivity index (χ0v) is 20.3. The average Bonchev–Trinajstić information content (AvgIpc) is 3.26. The molecule has 0 radical (unpaired) electrons. The molecule has 3 aromatic carbocycles. The van der Waals surface area contributed by atoms with Crippen LogP contribution in [-0.2, 0) is 20.0 Å². The maximum Gasteiger partial charge on any atom is 0.279 e. The lowest BCUT2D eigenvalue weighted by Gasteiger charge is -2.23. The molecule has 1 atom stereocenters. The Morgan fingerprint density at radius 1 is 1.00 bits per heavy atom. The predicted molar refractivity (Wildman–Crippen MR) is 130 cm³/mol. The molecular weight excluding hydrogens is 477 g/mol. The van der Waals surface area contributed by atoms with Crippen LogP contribution in [0.4, 0.5) is 10.1 Å². The molecule has 10 heteroatoms. The summed E-state index contributed by atoms with van der Waals surface area (Å²) in [5, 5.41) is 4.44. The predicted octanol–water partition coefficient (Wildman–Crippen LogP) is 4.44. The van der Waals surface area contributed by atoms with Crippen molar-refractivity contribution in [3.8, 4) is 0 Å². The Morgan fingerprint density at radius 3 is 2.29 bits per heavy atom. The third-order valence-electron chi connectivity index (χ3n) is 5.54. The van der Waals surface area contributed by atoms with Gasteiger partial charge in [0.2, 0.25) is 10.0 Å². The Bertz CT molecular complexity index is 1440. The van der Waals surface area contributed by atoms with E-state index in [2.05, 4.69) is 9.82 Å². The number of sulfonamides is 2. The van der Waals surface area contributed by atoms with Gasteiger partial charge in [-0.15, -0.1) is 0 Å². The first-order valence-corrected chi connectivity index (χ1v) is 13.7. The van der Waals surface area contributed by atoms with Crippen molar-refractivity contribution in [3.63, 3.8) is 0 Å². The summed E-state index contributed by atoms with van der Waals surface area (Å²) in [5.41, 5.74) is 2.94. The minimum Gasteiger partial charge on any atom is -0.284 e. The highest BCUT2D eigenvalue weighted by molar-refractivity contribution is 7.92. The van der Waals surface area contributed by atoms with Gasteiger partial charge >= 0.3 is 0 Å². The van der Waals surface area contributed by atoms with Crippen LogP contribution in [0.3, 0.4) is 0 Å². The fraction of sp³-hybridized carbons (Fsp3) is 0.208. The molecule has 1 aliphatic rings. The summed E-state index contributed by atoms with van der Waals surface area (Å²) in [5.74, 6) is -0.519. The van der Waals surface area contributed by atoms with E-state index in [-0.39, 0.29) is 17.1 Å². The Labute approximate surface area is 199 Å². The smallest absolute Gasteiger partial charge is 0.279 e. The van der Waals surface area contributed by atoms with Crippen molar-refractivity contribution in [2.45, 2.75) is 31.2 Å². The molecule has 4 rings (SSSR count). The largest absolute Gasteiger partial charge is 0.284 e. The molecule has 0 fully saturated rings. The number of benzene rings is 3. The van der Waals surface area contributed by atoms with Gasteiger partial charge in [0.1, 0.15) is 5.82 Å². The molecule has 7 nitrogen and oxygen atoms in total. The minimum absolute atomic E-state index is 0.0530. The standard InChI is InChI=1S/C24H24FN3O4S2/c1-3-33(29,30)27-21-11-9-18(10-12-21)23-16-24(19-5-4-6-20(25)15-19)28(26-23)34(31,32)22-13-7-17(2)8-14-22/h4-15,24,27H,3,16H2,1-2H3/t24-/m1/s1. The quantitative estimate of drug-likeness (QED) is 0.518. The van der Waals surface area contributed by atoms with Gasteiger partial charge in [0.15, 0.2) is 0 Å². The number of hydrogen-bond acceptors (Lipinski definition) is 5. The summed E-state index contributed by atoms with van der Waals surface area (Å²) in [6.45, 7) is 3.40. The Balaban J connectivity index is 1.72. The number of hydrazone groups is 1. The lowest BCUT2D eigenvalue weighted by atomic mass is 9.99. The van der Waals surface area contributed by atoms with E-state index in [1.165, 1.54) is 30.3 Å². The first-order valence-electron chi connectivity index (χ1n) is 10.6. The number of aryl methyl sites for hydroxylation is 1. The molecule has 0 aromatic heterocycles. The van der Waals surface area contributed by atoms with E-state index in [4.69, 9.17) is 0 Å². The topological polar surface area (TPSA) is 95.9 Å². The highest BCUT2D eigenvalue weighted by Gasteiger charge is 2.37. The second-order valence-corrected chi connectivity index (χ2v) is 11.8. The summed E-state index contributed by atoms with van der Waals surface area (Å²) in [6.07, 6.45) is 0.231. The van der Waals surface area contributed by atoms with E-state index in [0.29, 0.717) is 22.5 Å². The minimum atomic E-state index is -4.01. The van der Waals surface area contributed by atoms with Crippen molar-refractivity contribution >= 4 is 31.4 Å². The normalized spacial score (nSPS) is 16.4. The zero-order valence-electron chi connectivity index (χ0n) is 18.6. The van der Waals surface area contributed by atoms with Crippen molar-refractivity contribution in [2.75, 3.05) is 10.5 Å². The zero-order chi connectivity index (χ0) is 24.5. The lowest BCUT2D eigenvalue weighted by molar-refractivity contribution is 0.370. The third kappa shape index (κ3) is 4.97. The maximum absolute atomic E-state index is 14.0. The number of anilines is 1. The number of nitrogens with zero attached hydrogens (tertiary/aromatic N) is 2. The molecule has 0 saturated carbocycles. The van der Waals surface area contributed by atoms with Crippen LogP contribution in [0.1, 0.15) is 36.1 Å². The van der Waals surface area contributed by atoms with Gasteiger partial charge in [-0.3, -0.25) is 4.72 Å². The Hall–Kier alpha value is -3.24. The molecule has 34 heavy (non-hydrogen) atoms. The monoisotopic (exact) mass is 501 g/mol. The van der Waals surface area contributed by atoms with Gasteiger partial charge in [-0.2, -0.15) is 17.9 Å². The van der Waals surface area contributed by atoms with E-state index in [1.54, 1.807) is 49.4 Å². The van der Waals surface area contributed by atoms with Crippen LogP contribution in [0.2, 0.25) is 0 Å². The first kappa shape index (κ1) is 23.9. The summed E-state index contributed by atoms with van der Waals surface area (Å²) >= 11 is 0. The van der Waals surface area contributed by atoms with E-state index < -0.39 is 31.9 Å². The molecule has 0 unspecified atom stereocenters. The van der Waals surface area contributed by atoms with E-state index >= 15 is 0 Å². The lowest BCUT2D eigenvalue weighted by Crippen LogP contribution is -2.27. The van der Waals surface area contributed by atoms with Gasteiger partial charge < -0.3 is 0 Å². The van der Waals surface area contributed by atoms with Crippen LogP contribution in [-0.4, -0.2) is 32.7 Å². The van der Waals surface area contributed by atoms with E-state index in [1.807, 2.05) is 6.92 Å². The van der Waals surface area contributed by atoms with Gasteiger partial charge in [0.05, 0.1) is 22.4 Å². The van der Waals surface area contributed by atoms with Crippen molar-refractivity contribution in [3.05, 3.63) is 95.3 Å². The molecule has 1 N–H and O–H groups in total. The first-order chi connectivity index (χ1) is 16.1. The molecule has 0 aliphatic carbocycles. The van der Waals surface area contributed by atoms with Crippen molar-refractivity contribution < 1.29 is 21.2 Å². The van der Waals surface area contributed by atoms with Gasteiger partial charge in [-0.25, -0.2) is 12.8 Å². The number of hydrogen-bond donors (Lipinski definition) is 1. The van der Waals surface area contributed by atoms with Gasteiger partial charge in [-0.1, -0.05) is 42.0 Å². The summed E-state index contributed by atoms with van der Waals surface area (Å²) in [7, 11) is -7.43. The fourth-order valence-electron chi connectivity index (χ4n) is 3.65. The highest BCUT2D eigenvalue weighted by atomic mass is 32.2. The highest BCUT2D eigenvalue weighted by Crippen LogP contribution is 2.37.